The lowest BCUT2D eigenvalue weighted by atomic mass is 10.1. The van der Waals surface area contributed by atoms with Crippen LogP contribution in [0.3, 0.4) is 0 Å². The van der Waals surface area contributed by atoms with Crippen molar-refractivity contribution in [2.75, 3.05) is 35.7 Å². The van der Waals surface area contributed by atoms with Crippen molar-refractivity contribution in [3.05, 3.63) is 59.8 Å². The van der Waals surface area contributed by atoms with Crippen molar-refractivity contribution in [1.82, 2.24) is 14.3 Å². The van der Waals surface area contributed by atoms with Crippen LogP contribution < -0.4 is 15.0 Å². The monoisotopic (exact) mass is 529 g/mol. The molecule has 2 aliphatic heterocycles. The molecule has 2 aliphatic rings. The lowest BCUT2D eigenvalue weighted by molar-refractivity contribution is 0.287. The van der Waals surface area contributed by atoms with Gasteiger partial charge in [0.05, 0.1) is 24.2 Å². The first-order valence-corrected chi connectivity index (χ1v) is 13.9. The van der Waals surface area contributed by atoms with E-state index in [1.54, 1.807) is 18.2 Å². The van der Waals surface area contributed by atoms with E-state index in [1.165, 1.54) is 10.4 Å². The predicted molar refractivity (Wildman–Crippen MR) is 139 cm³/mol. The maximum Gasteiger partial charge on any atom is 0.227 e. The van der Waals surface area contributed by atoms with E-state index in [9.17, 15) is 17.2 Å². The van der Waals surface area contributed by atoms with Crippen LogP contribution in [0.15, 0.2) is 42.6 Å². The summed E-state index contributed by atoms with van der Waals surface area (Å²) < 4.78 is 61.2. The van der Waals surface area contributed by atoms with E-state index in [4.69, 9.17) is 4.74 Å². The molecule has 0 unspecified atom stereocenters. The number of sulfonamides is 1. The van der Waals surface area contributed by atoms with Crippen molar-refractivity contribution in [2.24, 2.45) is 0 Å². The van der Waals surface area contributed by atoms with Crippen LogP contribution in [0.2, 0.25) is 0 Å². The molecule has 1 fully saturated rings. The molecule has 2 aromatic carbocycles. The van der Waals surface area contributed by atoms with E-state index in [1.807, 2.05) is 30.9 Å². The largest absolute Gasteiger partial charge is 0.486 e. The topological polar surface area (TPSA) is 87.7 Å². The Hall–Kier alpha value is -3.31. The van der Waals surface area contributed by atoms with Crippen LogP contribution in [0.25, 0.3) is 11.3 Å². The Balaban J connectivity index is 1.37. The first-order chi connectivity index (χ1) is 17.7. The molecular formula is C26H29F2N5O3S. The van der Waals surface area contributed by atoms with Gasteiger partial charge >= 0.3 is 0 Å². The fourth-order valence-corrected chi connectivity index (χ4v) is 6.23. The smallest absolute Gasteiger partial charge is 0.227 e. The molecule has 5 rings (SSSR count). The summed E-state index contributed by atoms with van der Waals surface area (Å²) in [4.78, 5) is 10.4. The molecule has 196 valence electrons. The number of hydrogen-bond donors (Lipinski definition) is 1. The third kappa shape index (κ3) is 5.37. The highest BCUT2D eigenvalue weighted by molar-refractivity contribution is 7.89. The van der Waals surface area contributed by atoms with Crippen molar-refractivity contribution in [3.8, 4) is 17.0 Å². The van der Waals surface area contributed by atoms with Gasteiger partial charge in [-0.15, -0.1) is 0 Å². The third-order valence-corrected chi connectivity index (χ3v) is 8.48. The summed E-state index contributed by atoms with van der Waals surface area (Å²) in [5.74, 6) is -0.743. The Morgan fingerprint density at radius 1 is 1.08 bits per heavy atom. The van der Waals surface area contributed by atoms with Gasteiger partial charge in [0, 0.05) is 30.4 Å². The minimum Gasteiger partial charge on any atom is -0.486 e. The van der Waals surface area contributed by atoms with E-state index in [-0.39, 0.29) is 34.7 Å². The molecule has 0 bridgehead atoms. The average Bonchev–Trinajstić information content (AvgIpc) is 2.87. The first-order valence-electron chi connectivity index (χ1n) is 12.3. The molecule has 8 nitrogen and oxygen atoms in total. The molecule has 1 N–H and O–H groups in total. The molecule has 0 spiro atoms. The van der Waals surface area contributed by atoms with Gasteiger partial charge < -0.3 is 15.0 Å². The first kappa shape index (κ1) is 25.3. The number of fused-ring (bicyclic) bond motifs is 1. The number of anilines is 3. The van der Waals surface area contributed by atoms with Gasteiger partial charge in [0.25, 0.3) is 0 Å². The van der Waals surface area contributed by atoms with Crippen LogP contribution in [0.4, 0.5) is 26.1 Å². The highest BCUT2D eigenvalue weighted by Crippen LogP contribution is 2.39. The van der Waals surface area contributed by atoms with Gasteiger partial charge in [-0.1, -0.05) is 12.1 Å². The zero-order chi connectivity index (χ0) is 26.2. The normalized spacial score (nSPS) is 17.4. The van der Waals surface area contributed by atoms with Crippen LogP contribution >= 0.6 is 0 Å². The quantitative estimate of drug-likeness (QED) is 0.495. The fourth-order valence-electron chi connectivity index (χ4n) is 4.65. The standard InChI is InChI=1S/C26H29F2N5O3S/c1-17(2)33-10-11-36-25-21(27)13-19(14-23(25)33)24-22(28)15-29-26(31-24)30-20-7-5-18(6-8-20)16-32-9-3-4-12-37(32,34)35/h5-8,13-15,17H,3-4,9-12,16H2,1-2H3,(H,29,30,31). The minimum atomic E-state index is -3.21. The number of benzene rings is 2. The van der Waals surface area contributed by atoms with Crippen LogP contribution in [-0.4, -0.2) is 54.2 Å². The van der Waals surface area contributed by atoms with E-state index >= 15 is 0 Å². The van der Waals surface area contributed by atoms with E-state index in [0.29, 0.717) is 44.0 Å². The molecular weight excluding hydrogens is 500 g/mol. The third-order valence-electron chi connectivity index (χ3n) is 6.58. The molecule has 1 saturated heterocycles. The Labute approximate surface area is 215 Å². The summed E-state index contributed by atoms with van der Waals surface area (Å²) in [5.41, 5.74) is 2.33. The second-order valence-electron chi connectivity index (χ2n) is 9.51. The Kier molecular flexibility index (Phi) is 7.00. The summed E-state index contributed by atoms with van der Waals surface area (Å²) in [5, 5.41) is 3.04. The molecule has 0 atom stereocenters. The molecule has 3 heterocycles. The fraction of sp³-hybridized carbons (Fsp3) is 0.385. The lowest BCUT2D eigenvalue weighted by Gasteiger charge is -2.34. The van der Waals surface area contributed by atoms with Crippen LogP contribution in [0.1, 0.15) is 32.3 Å². The van der Waals surface area contributed by atoms with Gasteiger partial charge in [-0.3, -0.25) is 0 Å². The second-order valence-corrected chi connectivity index (χ2v) is 11.6. The van der Waals surface area contributed by atoms with E-state index in [0.717, 1.165) is 18.2 Å². The molecule has 0 saturated carbocycles. The van der Waals surface area contributed by atoms with Gasteiger partial charge in [-0.25, -0.2) is 27.2 Å². The molecule has 3 aromatic rings. The zero-order valence-corrected chi connectivity index (χ0v) is 21.6. The highest BCUT2D eigenvalue weighted by Gasteiger charge is 2.27. The molecule has 0 aliphatic carbocycles. The summed E-state index contributed by atoms with van der Waals surface area (Å²) in [6, 6.07) is 10.3. The Morgan fingerprint density at radius 3 is 2.59 bits per heavy atom. The number of aromatic nitrogens is 2. The van der Waals surface area contributed by atoms with Crippen molar-refractivity contribution < 1.29 is 21.9 Å². The second kappa shape index (κ2) is 10.2. The van der Waals surface area contributed by atoms with E-state index < -0.39 is 21.7 Å². The number of rotatable bonds is 6. The maximum absolute atomic E-state index is 14.9. The number of hydrogen-bond acceptors (Lipinski definition) is 7. The predicted octanol–water partition coefficient (Wildman–Crippen LogP) is 4.70. The van der Waals surface area contributed by atoms with Crippen LogP contribution in [0, 0.1) is 11.6 Å². The molecule has 11 heteroatoms. The molecule has 1 aromatic heterocycles. The van der Waals surface area contributed by atoms with Gasteiger partial charge in [-0.2, -0.15) is 4.31 Å². The summed E-state index contributed by atoms with van der Waals surface area (Å²) in [6.07, 6.45) is 2.61. The summed E-state index contributed by atoms with van der Waals surface area (Å²) in [7, 11) is -3.21. The molecule has 0 radical (unpaired) electrons. The van der Waals surface area contributed by atoms with Crippen molar-refractivity contribution in [1.29, 1.82) is 0 Å². The summed E-state index contributed by atoms with van der Waals surface area (Å²) >= 11 is 0. The van der Waals surface area contributed by atoms with Gasteiger partial charge in [0.15, 0.2) is 17.4 Å². The average molecular weight is 530 g/mol. The number of nitrogens with zero attached hydrogens (tertiary/aromatic N) is 4. The minimum absolute atomic E-state index is 0.0274. The summed E-state index contributed by atoms with van der Waals surface area (Å²) in [6.45, 7) is 5.84. The van der Waals surface area contributed by atoms with Crippen molar-refractivity contribution in [2.45, 2.75) is 39.3 Å². The highest BCUT2D eigenvalue weighted by atomic mass is 32.2. The SMILES string of the molecule is CC(C)N1CCOc2c(F)cc(-c3nc(Nc4ccc(CN5CCCCS5(=O)=O)cc4)ncc3F)cc21. The van der Waals surface area contributed by atoms with Gasteiger partial charge in [0.1, 0.15) is 12.3 Å². The number of halogens is 2. The Morgan fingerprint density at radius 2 is 1.86 bits per heavy atom. The lowest BCUT2D eigenvalue weighted by Crippen LogP contribution is -2.38. The number of nitrogens with one attached hydrogen (secondary N) is 1. The van der Waals surface area contributed by atoms with Crippen LogP contribution in [-0.2, 0) is 16.6 Å². The molecule has 0 amide bonds. The number of ether oxygens (including phenoxy) is 1. The van der Waals surface area contributed by atoms with Gasteiger partial charge in [0.2, 0.25) is 16.0 Å². The van der Waals surface area contributed by atoms with E-state index in [2.05, 4.69) is 15.3 Å². The van der Waals surface area contributed by atoms with Crippen molar-refractivity contribution in [3.63, 3.8) is 0 Å². The zero-order valence-electron chi connectivity index (χ0n) is 20.7. The maximum atomic E-state index is 14.9. The van der Waals surface area contributed by atoms with Crippen LogP contribution in [0.5, 0.6) is 5.75 Å². The van der Waals surface area contributed by atoms with Crippen molar-refractivity contribution >= 4 is 27.3 Å². The van der Waals surface area contributed by atoms with Gasteiger partial charge in [-0.05, 0) is 56.5 Å². The molecule has 37 heavy (non-hydrogen) atoms. The Bertz CT molecular complexity index is 1400.